The second-order valence-corrected chi connectivity index (χ2v) is 45.0. The number of carboxylic acid groups (broad SMARTS) is 1. The lowest BCUT2D eigenvalue weighted by Crippen LogP contribution is -2.54. The van der Waals surface area contributed by atoms with Gasteiger partial charge in [-0.25, -0.2) is 19.2 Å². The van der Waals surface area contributed by atoms with Crippen molar-refractivity contribution in [3.05, 3.63) is 199 Å². The molecule has 0 saturated heterocycles. The van der Waals surface area contributed by atoms with Crippen molar-refractivity contribution >= 4 is 76.3 Å². The van der Waals surface area contributed by atoms with Gasteiger partial charge in [0.15, 0.2) is 0 Å². The van der Waals surface area contributed by atoms with Gasteiger partial charge >= 0.3 is 30.3 Å². The molecule has 135 heavy (non-hydrogen) atoms. The summed E-state index contributed by atoms with van der Waals surface area (Å²) in [5, 5.41) is 17.6. The molecule has 732 valence electrons. The van der Waals surface area contributed by atoms with Crippen molar-refractivity contribution in [1.29, 1.82) is 0 Å². The first-order valence-electron chi connectivity index (χ1n) is 50.4. The van der Waals surface area contributed by atoms with Gasteiger partial charge in [-0.3, -0.25) is 24.0 Å². The number of hydrogen-bond acceptors (Lipinski definition) is 13. The number of alkyl carbamates (subject to hydrolysis) is 3. The zero-order chi connectivity index (χ0) is 97.9. The minimum absolute atomic E-state index is 0.0183. The van der Waals surface area contributed by atoms with Crippen LogP contribution in [-0.2, 0) is 70.4 Å². The van der Waals surface area contributed by atoms with E-state index in [4.69, 9.17) is 18.9 Å². The van der Waals surface area contributed by atoms with E-state index in [0.29, 0.717) is 66.6 Å². The summed E-state index contributed by atoms with van der Waals surface area (Å²) in [6, 6.07) is 41.8. The molecule has 4 heterocycles. The lowest BCUT2D eigenvalue weighted by atomic mass is 9.80. The summed E-state index contributed by atoms with van der Waals surface area (Å²) in [6.45, 7) is 43.8. The summed E-state index contributed by atoms with van der Waals surface area (Å²) < 4.78 is 21.5. The van der Waals surface area contributed by atoms with Crippen LogP contribution >= 0.6 is 0 Å². The molecule has 5 atom stereocenters. The Labute approximate surface area is 804 Å². The van der Waals surface area contributed by atoms with Crippen LogP contribution < -0.4 is 16.0 Å². The highest BCUT2D eigenvalue weighted by Crippen LogP contribution is 2.49. The average Bonchev–Trinajstić information content (AvgIpc) is 1.63. The number of fused-ring (bicyclic) bond motifs is 8. The minimum atomic E-state index is -1.01. The van der Waals surface area contributed by atoms with Crippen molar-refractivity contribution in [2.75, 3.05) is 39.8 Å². The van der Waals surface area contributed by atoms with E-state index in [-0.39, 0.29) is 78.9 Å². The van der Waals surface area contributed by atoms with Gasteiger partial charge in [0.25, 0.3) is 5.91 Å². The second kappa shape index (κ2) is 44.7. The summed E-state index contributed by atoms with van der Waals surface area (Å²) in [4.78, 5) is 125. The fourth-order valence-electron chi connectivity index (χ4n) is 21.9. The number of rotatable bonds is 21. The first-order valence-corrected chi connectivity index (χ1v) is 50.4. The van der Waals surface area contributed by atoms with E-state index in [1.54, 1.807) is 25.7 Å². The number of amides is 8. The number of carbonyl (C=O) groups is 9. The van der Waals surface area contributed by atoms with Crippen LogP contribution in [0.1, 0.15) is 314 Å². The zero-order valence-electron chi connectivity index (χ0n) is 84.8. The van der Waals surface area contributed by atoms with Crippen molar-refractivity contribution in [2.24, 2.45) is 41.4 Å². The molecule has 22 nitrogen and oxygen atoms in total. The first kappa shape index (κ1) is 103. The molecular formula is C113H156N8O14. The maximum atomic E-state index is 13.8. The number of carboxylic acids is 1. The van der Waals surface area contributed by atoms with E-state index < -0.39 is 46.6 Å². The lowest BCUT2D eigenvalue weighted by molar-refractivity contribution is -0.140. The van der Waals surface area contributed by atoms with Gasteiger partial charge in [-0.05, 0) is 354 Å². The number of aliphatic carboxylic acids is 1. The lowest BCUT2D eigenvalue weighted by Gasteiger charge is -2.41. The molecule has 5 aromatic rings. The molecular weight excluding hydrogens is 1690 g/mol. The maximum absolute atomic E-state index is 13.8. The largest absolute Gasteiger partial charge is 0.481 e. The maximum Gasteiger partial charge on any atom is 0.410 e. The van der Waals surface area contributed by atoms with Crippen LogP contribution in [0.2, 0.25) is 0 Å². The first-order chi connectivity index (χ1) is 63.7. The molecule has 0 radical (unpaired) electrons. The van der Waals surface area contributed by atoms with Gasteiger partial charge in [0, 0.05) is 76.2 Å². The number of nitrogens with one attached hydrogen (secondary N) is 3. The summed E-state index contributed by atoms with van der Waals surface area (Å²) in [5.41, 5.74) is 21.8. The van der Waals surface area contributed by atoms with E-state index in [0.717, 1.165) is 154 Å². The molecule has 0 bridgehead atoms. The number of hydrogen-bond donors (Lipinski definition) is 4. The van der Waals surface area contributed by atoms with Crippen LogP contribution in [0.15, 0.2) is 144 Å². The van der Waals surface area contributed by atoms with Crippen LogP contribution in [0.25, 0.3) is 22.3 Å². The van der Waals surface area contributed by atoms with Gasteiger partial charge < -0.3 is 64.5 Å². The topological polar surface area (TPSA) is 263 Å². The van der Waals surface area contributed by atoms with Gasteiger partial charge in [0.1, 0.15) is 28.4 Å². The smallest absolute Gasteiger partial charge is 0.410 e. The summed E-state index contributed by atoms with van der Waals surface area (Å²) in [5.74, 6) is 2.07. The number of nitrogens with zero attached hydrogens (tertiary/aromatic N) is 5. The Morgan fingerprint density at radius 3 is 1.13 bits per heavy atom. The molecule has 0 aromatic heterocycles. The quantitative estimate of drug-likeness (QED) is 0.0498. The monoisotopic (exact) mass is 1850 g/mol. The van der Waals surface area contributed by atoms with Gasteiger partial charge in [-0.2, -0.15) is 0 Å². The van der Waals surface area contributed by atoms with Gasteiger partial charge in [-0.15, -0.1) is 0 Å². The number of ether oxygens (including phenoxy) is 4. The summed E-state index contributed by atoms with van der Waals surface area (Å²) >= 11 is 0. The normalized spacial score (nSPS) is 21.4. The Bertz CT molecular complexity index is 5200. The fourth-order valence-corrected chi connectivity index (χ4v) is 21.9. The Morgan fingerprint density at radius 2 is 0.756 bits per heavy atom. The van der Waals surface area contributed by atoms with E-state index in [9.17, 15) is 48.3 Å². The van der Waals surface area contributed by atoms with E-state index in [1.165, 1.54) is 89.1 Å². The molecule has 15 rings (SSSR count). The van der Waals surface area contributed by atoms with Crippen molar-refractivity contribution in [1.82, 2.24) is 40.4 Å². The third kappa shape index (κ3) is 27.5. The van der Waals surface area contributed by atoms with Crippen molar-refractivity contribution in [3.63, 3.8) is 0 Å². The van der Waals surface area contributed by atoms with Gasteiger partial charge in [0.05, 0.1) is 24.2 Å². The molecule has 10 aliphatic rings. The van der Waals surface area contributed by atoms with Gasteiger partial charge in [-0.1, -0.05) is 165 Å². The molecule has 6 aliphatic carbocycles. The van der Waals surface area contributed by atoms with Crippen LogP contribution in [0.3, 0.4) is 0 Å². The Balaban J connectivity index is 0.000000162. The molecule has 22 heteroatoms. The zero-order valence-corrected chi connectivity index (χ0v) is 84.8. The molecule has 8 amide bonds. The van der Waals surface area contributed by atoms with Crippen molar-refractivity contribution in [2.45, 2.75) is 345 Å². The van der Waals surface area contributed by atoms with Crippen LogP contribution in [0.5, 0.6) is 0 Å². The Morgan fingerprint density at radius 1 is 0.415 bits per heavy atom. The van der Waals surface area contributed by atoms with Crippen molar-refractivity contribution < 1.29 is 67.2 Å². The van der Waals surface area contributed by atoms with Crippen molar-refractivity contribution in [3.8, 4) is 0 Å². The molecule has 4 aliphatic heterocycles. The predicted octanol–water partition coefficient (Wildman–Crippen LogP) is 22.4. The third-order valence-corrected chi connectivity index (χ3v) is 27.8. The standard InChI is InChI=1S/C30H44N2O3.C29H36N2O3.C28H40N2O3.C26H36N2O5/c1-20(2)17-27-26-18-23-9-7-8-10-24(23)25(26)15-16-32(27)28(33)22-13-11-21(12-14-22)19-31(6)29(34)35-30(3,4)5;1-19(2)16-26-25-17-22-8-6-7-9-23(22)24(25)14-15-31(26)27(32)21-12-10-20(11-13-21)18-30-28(33)34-29(3,4)5;1-18(2)16-25-24-17-20-8-6-7-9-22(20)23(24)14-15-30(25)26(31)19-10-12-21(13-11-19)29-27(32)33-28(3,4)5;1-16(2)14-22-20-15-17-8-6-7-9-18(17)19(20)12-13-28(22)24(31)21(10-11-23(29)30)27-25(32)33-26(3,4)5/h7-10,20-22,27H,11-19H2,1-6H3;6-13,19,26H,14-18H2,1-5H3,(H,30,33);6-9,18-19,21,25H,10-17H2,1-5H3,(H,29,32);6-9,16,21-22H,10-15H2,1-5H3,(H,27,32)(H,29,30)/t;;;21-,22?/m...1/s1. The van der Waals surface area contributed by atoms with E-state index in [2.05, 4.69) is 177 Å². The highest BCUT2D eigenvalue weighted by Gasteiger charge is 2.46. The van der Waals surface area contributed by atoms with Gasteiger partial charge in [0.2, 0.25) is 17.7 Å². The molecule has 4 N–H and O–H groups in total. The Hall–Kier alpha value is -10.5. The average molecular weight is 1850 g/mol. The van der Waals surface area contributed by atoms with Crippen LogP contribution in [-0.4, -0.2) is 182 Å². The van der Waals surface area contributed by atoms with Crippen LogP contribution in [0.4, 0.5) is 19.2 Å². The Kier molecular flexibility index (Phi) is 34.3. The summed E-state index contributed by atoms with van der Waals surface area (Å²) in [6.07, 6.45) is 16.4. The minimum Gasteiger partial charge on any atom is -0.481 e. The highest BCUT2D eigenvalue weighted by molar-refractivity contribution is 5.96. The SMILES string of the molecule is CC(C)CC1C2=C(CCN1C(=O)C1CCC(CN(C)C(=O)OC(C)(C)C)CC1)c1ccccc1C2.CC(C)CC1C2=C(CCN1C(=O)C1CCC(NC(=O)OC(C)(C)C)CC1)c1ccccc1C2.CC(C)CC1C2=C(CCN1C(=O)[C@@H](CCC(=O)O)NC(=O)OC(C)(C)C)c1ccccc1C2.CC(C)CC1C2=C(CCN1C(=O)c1ccc(CNC(=O)OC(C)(C)C)cc1)c1ccccc1C2. The van der Waals surface area contributed by atoms with E-state index >= 15 is 0 Å². The summed E-state index contributed by atoms with van der Waals surface area (Å²) in [7, 11) is 1.82. The molecule has 4 unspecified atom stereocenters. The molecule has 2 fully saturated rings. The number of carbonyl (C=O) groups excluding carboxylic acids is 8. The van der Waals surface area contributed by atoms with Crippen LogP contribution in [0, 0.1) is 41.4 Å². The fraction of sp³-hybridized carbons (Fsp3) is 0.584. The van der Waals surface area contributed by atoms with E-state index in [1.807, 2.05) is 105 Å². The third-order valence-electron chi connectivity index (χ3n) is 27.8. The molecule has 2 saturated carbocycles. The second-order valence-electron chi connectivity index (χ2n) is 45.0. The highest BCUT2D eigenvalue weighted by atomic mass is 16.6. The molecule has 0 spiro atoms. The number of benzene rings is 5. The predicted molar refractivity (Wildman–Crippen MR) is 535 cm³/mol. The molecule has 5 aromatic carbocycles.